The van der Waals surface area contributed by atoms with Crippen LogP contribution in [0.25, 0.3) is 0 Å². The number of carbonyl (C=O) groups excluding carboxylic acids is 2. The van der Waals surface area contributed by atoms with Crippen molar-refractivity contribution in [1.82, 2.24) is 10.2 Å². The number of carbonyl (C=O) groups is 2. The van der Waals surface area contributed by atoms with Crippen LogP contribution in [-0.2, 0) is 9.59 Å². The van der Waals surface area contributed by atoms with Gasteiger partial charge in [-0.3, -0.25) is 9.59 Å². The maximum absolute atomic E-state index is 12.8. The van der Waals surface area contributed by atoms with Crippen molar-refractivity contribution < 1.29 is 9.59 Å². The fraction of sp³-hybridized carbons (Fsp3) is 0.875. The molecule has 1 saturated carbocycles. The monoisotopic (exact) mass is 280 g/mol. The number of nitrogens with one attached hydrogen (secondary N) is 1. The quantitative estimate of drug-likeness (QED) is 0.600. The number of unbranched alkanes of at least 4 members (excludes halogenated alkanes) is 1. The van der Waals surface area contributed by atoms with Gasteiger partial charge >= 0.3 is 0 Å². The van der Waals surface area contributed by atoms with Crippen molar-refractivity contribution >= 4 is 11.8 Å². The highest BCUT2D eigenvalue weighted by atomic mass is 16.2. The van der Waals surface area contributed by atoms with E-state index in [4.69, 9.17) is 0 Å². The summed E-state index contributed by atoms with van der Waals surface area (Å²) in [5.74, 6) is 0.0643. The van der Waals surface area contributed by atoms with Crippen molar-refractivity contribution in [2.45, 2.75) is 71.3 Å². The van der Waals surface area contributed by atoms with E-state index in [1.54, 1.807) is 0 Å². The van der Waals surface area contributed by atoms with Crippen molar-refractivity contribution in [1.29, 1.82) is 0 Å². The Kier molecular flexibility index (Phi) is 5.06. The second kappa shape index (κ2) is 6.59. The Labute approximate surface area is 122 Å². The minimum atomic E-state index is -0.710. The molecular weight excluding hydrogens is 252 g/mol. The fourth-order valence-corrected chi connectivity index (χ4v) is 3.18. The number of hydrogen-bond donors (Lipinski definition) is 1. The van der Waals surface area contributed by atoms with Gasteiger partial charge in [0.15, 0.2) is 0 Å². The number of likely N-dealkylation sites (tertiary alicyclic amines) is 1. The summed E-state index contributed by atoms with van der Waals surface area (Å²) in [6.45, 7) is 5.77. The Balaban J connectivity index is 1.98. The lowest BCUT2D eigenvalue weighted by Gasteiger charge is -2.37. The van der Waals surface area contributed by atoms with Crippen molar-refractivity contribution in [3.05, 3.63) is 0 Å². The molecule has 1 heterocycles. The minimum Gasteiger partial charge on any atom is -0.355 e. The summed E-state index contributed by atoms with van der Waals surface area (Å²) in [4.78, 5) is 27.1. The SMILES string of the molecule is CCCCNC(=O)C1(C(=O)N2CCCCC2CC)CC1. The fourth-order valence-electron chi connectivity index (χ4n) is 3.18. The van der Waals surface area contributed by atoms with E-state index >= 15 is 0 Å². The molecule has 2 amide bonds. The largest absolute Gasteiger partial charge is 0.355 e. The predicted molar refractivity (Wildman–Crippen MR) is 79.2 cm³/mol. The smallest absolute Gasteiger partial charge is 0.238 e. The molecule has 4 heteroatoms. The lowest BCUT2D eigenvalue weighted by atomic mass is 9.95. The van der Waals surface area contributed by atoms with Crippen LogP contribution in [0.1, 0.15) is 65.2 Å². The van der Waals surface area contributed by atoms with E-state index in [1.807, 2.05) is 4.90 Å². The summed E-state index contributed by atoms with van der Waals surface area (Å²) in [5, 5.41) is 2.95. The highest BCUT2D eigenvalue weighted by molar-refractivity contribution is 6.08. The van der Waals surface area contributed by atoms with Gasteiger partial charge < -0.3 is 10.2 Å². The molecule has 0 radical (unpaired) electrons. The molecule has 2 rings (SSSR count). The maximum atomic E-state index is 12.8. The van der Waals surface area contributed by atoms with Crippen molar-refractivity contribution in [2.75, 3.05) is 13.1 Å². The maximum Gasteiger partial charge on any atom is 0.238 e. The second-order valence-electron chi connectivity index (χ2n) is 6.25. The van der Waals surface area contributed by atoms with E-state index in [0.29, 0.717) is 12.6 Å². The highest BCUT2D eigenvalue weighted by Gasteiger charge is 2.58. The molecule has 0 aromatic carbocycles. The van der Waals surface area contributed by atoms with Gasteiger partial charge in [0, 0.05) is 19.1 Å². The molecule has 2 fully saturated rings. The number of piperidine rings is 1. The number of hydrogen-bond acceptors (Lipinski definition) is 2. The van der Waals surface area contributed by atoms with E-state index in [0.717, 1.165) is 51.5 Å². The Morgan fingerprint density at radius 3 is 2.60 bits per heavy atom. The standard InChI is InChI=1S/C16H28N2O2/c1-3-5-11-17-14(19)16(9-10-16)15(20)18-12-7-6-8-13(18)4-2/h13H,3-12H2,1-2H3,(H,17,19). The molecule has 2 aliphatic rings. The predicted octanol–water partition coefficient (Wildman–Crippen LogP) is 2.47. The van der Waals surface area contributed by atoms with Gasteiger partial charge in [0.05, 0.1) is 0 Å². The van der Waals surface area contributed by atoms with Gasteiger partial charge in [0.25, 0.3) is 0 Å². The average molecular weight is 280 g/mol. The topological polar surface area (TPSA) is 49.4 Å². The van der Waals surface area contributed by atoms with Gasteiger partial charge in [-0.1, -0.05) is 20.3 Å². The first-order chi connectivity index (χ1) is 9.65. The minimum absolute atomic E-state index is 0.0311. The molecule has 1 aliphatic carbocycles. The van der Waals surface area contributed by atoms with Gasteiger partial charge in [0.2, 0.25) is 11.8 Å². The second-order valence-corrected chi connectivity index (χ2v) is 6.25. The van der Waals surface area contributed by atoms with Crippen molar-refractivity contribution in [3.63, 3.8) is 0 Å². The summed E-state index contributed by atoms with van der Waals surface area (Å²) < 4.78 is 0. The summed E-state index contributed by atoms with van der Waals surface area (Å²) in [6.07, 6.45) is 7.89. The third-order valence-electron chi connectivity index (χ3n) is 4.77. The Morgan fingerprint density at radius 2 is 2.00 bits per heavy atom. The molecular formula is C16H28N2O2. The molecule has 0 aromatic rings. The lowest BCUT2D eigenvalue weighted by Crippen LogP contribution is -2.51. The third kappa shape index (κ3) is 2.99. The molecule has 20 heavy (non-hydrogen) atoms. The molecule has 4 nitrogen and oxygen atoms in total. The first kappa shape index (κ1) is 15.3. The summed E-state index contributed by atoms with van der Waals surface area (Å²) >= 11 is 0. The van der Waals surface area contributed by atoms with Gasteiger partial charge in [-0.15, -0.1) is 0 Å². The van der Waals surface area contributed by atoms with Gasteiger partial charge in [0.1, 0.15) is 5.41 Å². The van der Waals surface area contributed by atoms with E-state index in [2.05, 4.69) is 19.2 Å². The van der Waals surface area contributed by atoms with Gasteiger partial charge in [-0.2, -0.15) is 0 Å². The van der Waals surface area contributed by atoms with E-state index in [1.165, 1.54) is 6.42 Å². The van der Waals surface area contributed by atoms with E-state index in [9.17, 15) is 9.59 Å². The zero-order valence-electron chi connectivity index (χ0n) is 12.9. The van der Waals surface area contributed by atoms with Crippen LogP contribution in [0.15, 0.2) is 0 Å². The van der Waals surface area contributed by atoms with Gasteiger partial charge in [-0.25, -0.2) is 0 Å². The first-order valence-corrected chi connectivity index (χ1v) is 8.25. The van der Waals surface area contributed by atoms with Crippen molar-refractivity contribution in [3.8, 4) is 0 Å². The van der Waals surface area contributed by atoms with Gasteiger partial charge in [-0.05, 0) is 44.9 Å². The molecule has 1 unspecified atom stereocenters. The van der Waals surface area contributed by atoms with Crippen LogP contribution < -0.4 is 5.32 Å². The van der Waals surface area contributed by atoms with Crippen LogP contribution in [0.5, 0.6) is 0 Å². The highest BCUT2D eigenvalue weighted by Crippen LogP contribution is 2.48. The third-order valence-corrected chi connectivity index (χ3v) is 4.77. The molecule has 1 N–H and O–H groups in total. The van der Waals surface area contributed by atoms with Crippen LogP contribution in [0.3, 0.4) is 0 Å². The van der Waals surface area contributed by atoms with Crippen LogP contribution >= 0.6 is 0 Å². The van der Waals surface area contributed by atoms with E-state index in [-0.39, 0.29) is 11.8 Å². The average Bonchev–Trinajstić information content (AvgIpc) is 3.28. The summed E-state index contributed by atoms with van der Waals surface area (Å²) in [6, 6.07) is 0.345. The molecule has 0 aromatic heterocycles. The van der Waals surface area contributed by atoms with E-state index < -0.39 is 5.41 Å². The van der Waals surface area contributed by atoms with Crippen LogP contribution in [0.2, 0.25) is 0 Å². The molecule has 0 bridgehead atoms. The Hall–Kier alpha value is -1.06. The Morgan fingerprint density at radius 1 is 1.25 bits per heavy atom. The Bertz CT molecular complexity index is 363. The number of rotatable bonds is 6. The first-order valence-electron chi connectivity index (χ1n) is 8.25. The molecule has 0 spiro atoms. The molecule has 1 atom stereocenters. The number of amides is 2. The van der Waals surface area contributed by atoms with Crippen LogP contribution in [-0.4, -0.2) is 35.8 Å². The normalized spacial score (nSPS) is 24.3. The van der Waals surface area contributed by atoms with Crippen LogP contribution in [0.4, 0.5) is 0 Å². The zero-order chi connectivity index (χ0) is 14.6. The molecule has 1 saturated heterocycles. The zero-order valence-corrected chi connectivity index (χ0v) is 12.9. The molecule has 1 aliphatic heterocycles. The summed E-state index contributed by atoms with van der Waals surface area (Å²) in [5.41, 5.74) is -0.710. The number of nitrogens with zero attached hydrogens (tertiary/aromatic N) is 1. The van der Waals surface area contributed by atoms with Crippen molar-refractivity contribution in [2.24, 2.45) is 5.41 Å². The summed E-state index contributed by atoms with van der Waals surface area (Å²) in [7, 11) is 0. The lowest BCUT2D eigenvalue weighted by molar-refractivity contribution is -0.147. The van der Waals surface area contributed by atoms with Crippen LogP contribution in [0, 0.1) is 5.41 Å². The molecule has 114 valence electrons.